The molecule has 0 atom stereocenters. The van der Waals surface area contributed by atoms with Gasteiger partial charge in [-0.2, -0.15) is 0 Å². The van der Waals surface area contributed by atoms with Gasteiger partial charge in [0.2, 0.25) is 0 Å². The standard InChI is InChI=1S/C81H51N5/c1-5-22-52(23-6-1)57-42-43-74-69(49-57)76-65(37-21-41-75(76)86(74)64-50-73-77(82-51-64)68-36-15-18-40-72(68)81(73)70-38-16-13-34-66(70)67-35-14-17-39-71(67)81)58-31-20-33-60(45-58)80-84-78(55-28-11-4-12-29-55)83-79(85-80)59-32-19-30-56(44-59)63-47-61(53-24-7-2-8-25-53)46-62(48-63)54-26-9-3-10-27-54/h1-51H. The van der Waals surface area contributed by atoms with Gasteiger partial charge in [-0.25, -0.2) is 15.0 Å². The number of hydrogen-bond donors (Lipinski definition) is 0. The normalized spacial score (nSPS) is 12.5. The highest BCUT2D eigenvalue weighted by Gasteiger charge is 2.52. The molecule has 2 aliphatic carbocycles. The van der Waals surface area contributed by atoms with Gasteiger partial charge in [0.05, 0.1) is 34.0 Å². The molecular formula is C81H51N5. The predicted molar refractivity (Wildman–Crippen MR) is 352 cm³/mol. The molecule has 1 spiro atoms. The maximum atomic E-state index is 5.49. The van der Waals surface area contributed by atoms with Crippen LogP contribution in [0.3, 0.4) is 0 Å². The summed E-state index contributed by atoms with van der Waals surface area (Å²) < 4.78 is 2.43. The van der Waals surface area contributed by atoms with Crippen LogP contribution in [0.15, 0.2) is 310 Å². The average Bonchev–Trinajstić information content (AvgIpc) is 1.54. The van der Waals surface area contributed by atoms with Crippen molar-refractivity contribution in [1.29, 1.82) is 0 Å². The predicted octanol–water partition coefficient (Wildman–Crippen LogP) is 20.0. The van der Waals surface area contributed by atoms with Gasteiger partial charge in [-0.1, -0.05) is 249 Å². The summed E-state index contributed by atoms with van der Waals surface area (Å²) in [7, 11) is 0. The molecule has 0 N–H and O–H groups in total. The van der Waals surface area contributed by atoms with Crippen molar-refractivity contribution in [3.63, 3.8) is 0 Å². The lowest BCUT2D eigenvalue weighted by Gasteiger charge is -2.30. The molecule has 0 bridgehead atoms. The molecule has 3 aromatic heterocycles. The molecule has 12 aromatic carbocycles. The Balaban J connectivity index is 0.828. The molecule has 400 valence electrons. The van der Waals surface area contributed by atoms with Gasteiger partial charge in [0.25, 0.3) is 0 Å². The van der Waals surface area contributed by atoms with Crippen molar-refractivity contribution in [3.05, 3.63) is 332 Å². The van der Waals surface area contributed by atoms with Crippen molar-refractivity contribution in [3.8, 4) is 118 Å². The molecule has 5 heteroatoms. The maximum absolute atomic E-state index is 5.49. The summed E-state index contributed by atoms with van der Waals surface area (Å²) in [5, 5.41) is 2.30. The van der Waals surface area contributed by atoms with Crippen LogP contribution in [0.25, 0.3) is 140 Å². The topological polar surface area (TPSA) is 56.5 Å². The van der Waals surface area contributed by atoms with E-state index in [2.05, 4.69) is 296 Å². The summed E-state index contributed by atoms with van der Waals surface area (Å²) in [4.78, 5) is 21.4. The van der Waals surface area contributed by atoms with E-state index in [-0.39, 0.29) is 0 Å². The van der Waals surface area contributed by atoms with Gasteiger partial charge in [-0.05, 0) is 138 Å². The second-order valence-electron chi connectivity index (χ2n) is 22.5. The van der Waals surface area contributed by atoms with Gasteiger partial charge in [0.15, 0.2) is 17.5 Å². The van der Waals surface area contributed by atoms with Crippen LogP contribution in [0.1, 0.15) is 22.3 Å². The van der Waals surface area contributed by atoms with Crippen LogP contribution in [0.2, 0.25) is 0 Å². The highest BCUT2D eigenvalue weighted by atomic mass is 15.0. The number of pyridine rings is 1. The van der Waals surface area contributed by atoms with Crippen LogP contribution in [-0.4, -0.2) is 24.5 Å². The van der Waals surface area contributed by atoms with E-state index in [0.29, 0.717) is 17.5 Å². The van der Waals surface area contributed by atoms with Crippen molar-refractivity contribution >= 4 is 21.8 Å². The number of nitrogens with zero attached hydrogens (tertiary/aromatic N) is 5. The van der Waals surface area contributed by atoms with Crippen LogP contribution >= 0.6 is 0 Å². The fraction of sp³-hybridized carbons (Fsp3) is 0.0123. The third-order valence-electron chi connectivity index (χ3n) is 17.7. The van der Waals surface area contributed by atoms with Gasteiger partial charge in [-0.15, -0.1) is 0 Å². The summed E-state index contributed by atoms with van der Waals surface area (Å²) in [6.07, 6.45) is 2.08. The largest absolute Gasteiger partial charge is 0.308 e. The first-order valence-corrected chi connectivity index (χ1v) is 29.3. The van der Waals surface area contributed by atoms with Crippen molar-refractivity contribution in [2.45, 2.75) is 5.41 Å². The lowest BCUT2D eigenvalue weighted by molar-refractivity contribution is 0.790. The van der Waals surface area contributed by atoms with Crippen LogP contribution in [0.4, 0.5) is 0 Å². The van der Waals surface area contributed by atoms with Crippen molar-refractivity contribution < 1.29 is 0 Å². The molecular weight excluding hydrogens is 1040 g/mol. The molecule has 5 nitrogen and oxygen atoms in total. The van der Waals surface area contributed by atoms with E-state index in [1.54, 1.807) is 0 Å². The minimum absolute atomic E-state index is 0.536. The quantitative estimate of drug-likeness (QED) is 0.145. The molecule has 15 aromatic rings. The van der Waals surface area contributed by atoms with E-state index >= 15 is 0 Å². The van der Waals surface area contributed by atoms with Crippen molar-refractivity contribution in [2.75, 3.05) is 0 Å². The number of hydrogen-bond acceptors (Lipinski definition) is 4. The third-order valence-corrected chi connectivity index (χ3v) is 17.7. The SMILES string of the molecule is c1ccc(-c2cc(-c3ccccc3)cc(-c3cccc(-c4nc(-c5ccccc5)nc(-c5cccc(-c6cccc7c6c6cc(-c8ccccc8)ccc6n7-c6cnc7c(c6)C6(c8ccccc8-c8ccccc86)c6ccccc6-7)c5)n4)c3)c2)cc1. The molecule has 0 amide bonds. The zero-order valence-electron chi connectivity index (χ0n) is 46.7. The Kier molecular flexibility index (Phi) is 11.4. The van der Waals surface area contributed by atoms with Crippen LogP contribution in [-0.2, 0) is 5.41 Å². The second kappa shape index (κ2) is 19.9. The zero-order chi connectivity index (χ0) is 56.7. The van der Waals surface area contributed by atoms with Gasteiger partial charge < -0.3 is 4.57 Å². The number of fused-ring (bicyclic) bond motifs is 13. The zero-order valence-corrected chi connectivity index (χ0v) is 46.7. The Morgan fingerprint density at radius 1 is 0.256 bits per heavy atom. The molecule has 3 heterocycles. The van der Waals surface area contributed by atoms with Crippen LogP contribution in [0.5, 0.6) is 0 Å². The van der Waals surface area contributed by atoms with E-state index in [1.807, 2.05) is 18.2 Å². The van der Waals surface area contributed by atoms with Gasteiger partial charge >= 0.3 is 0 Å². The molecule has 0 fully saturated rings. The van der Waals surface area contributed by atoms with Crippen molar-refractivity contribution in [1.82, 2.24) is 24.5 Å². The lowest BCUT2D eigenvalue weighted by Crippen LogP contribution is -2.26. The molecule has 0 unspecified atom stereocenters. The number of rotatable bonds is 9. The highest BCUT2D eigenvalue weighted by molar-refractivity contribution is 6.17. The Hall–Kier alpha value is -11.4. The fourth-order valence-corrected chi connectivity index (χ4v) is 13.9. The van der Waals surface area contributed by atoms with Gasteiger partial charge in [0.1, 0.15) is 0 Å². The Bertz CT molecular complexity index is 5040. The minimum atomic E-state index is -0.536. The third kappa shape index (κ3) is 7.86. The second-order valence-corrected chi connectivity index (χ2v) is 22.5. The first-order chi connectivity index (χ1) is 42.6. The van der Waals surface area contributed by atoms with Gasteiger partial charge in [0, 0.05) is 38.6 Å². The first-order valence-electron chi connectivity index (χ1n) is 29.3. The van der Waals surface area contributed by atoms with Gasteiger partial charge in [-0.3, -0.25) is 4.98 Å². The Labute approximate surface area is 498 Å². The Morgan fingerprint density at radius 3 is 1.26 bits per heavy atom. The number of aromatic nitrogens is 5. The van der Waals surface area contributed by atoms with Crippen molar-refractivity contribution in [2.24, 2.45) is 0 Å². The monoisotopic (exact) mass is 1090 g/mol. The van der Waals surface area contributed by atoms with E-state index in [4.69, 9.17) is 19.9 Å². The molecule has 0 aliphatic heterocycles. The molecule has 0 saturated heterocycles. The first kappa shape index (κ1) is 49.2. The summed E-state index contributed by atoms with van der Waals surface area (Å²) >= 11 is 0. The van der Waals surface area contributed by atoms with E-state index < -0.39 is 5.41 Å². The average molecular weight is 1090 g/mol. The lowest BCUT2D eigenvalue weighted by atomic mass is 9.71. The molecule has 2 aliphatic rings. The fourth-order valence-electron chi connectivity index (χ4n) is 13.9. The van der Waals surface area contributed by atoms with Crippen LogP contribution < -0.4 is 0 Å². The van der Waals surface area contributed by atoms with E-state index in [9.17, 15) is 0 Å². The molecule has 0 radical (unpaired) electrons. The molecule has 0 saturated carbocycles. The molecule has 86 heavy (non-hydrogen) atoms. The smallest absolute Gasteiger partial charge is 0.164 e. The summed E-state index contributed by atoms with van der Waals surface area (Å²) in [5.41, 5.74) is 26.4. The van der Waals surface area contributed by atoms with E-state index in [0.717, 1.165) is 106 Å². The van der Waals surface area contributed by atoms with Crippen LogP contribution in [0, 0.1) is 0 Å². The molecule has 17 rings (SSSR count). The maximum Gasteiger partial charge on any atom is 0.164 e. The Morgan fingerprint density at radius 2 is 0.663 bits per heavy atom. The summed E-state index contributed by atoms with van der Waals surface area (Å²) in [6.45, 7) is 0. The minimum Gasteiger partial charge on any atom is -0.308 e. The highest BCUT2D eigenvalue weighted by Crippen LogP contribution is 2.62. The van der Waals surface area contributed by atoms with E-state index in [1.165, 1.54) is 38.9 Å². The summed E-state index contributed by atoms with van der Waals surface area (Å²) in [6, 6.07) is 109. The number of benzene rings is 12. The summed E-state index contributed by atoms with van der Waals surface area (Å²) in [5.74, 6) is 1.79.